The molecule has 0 aromatic rings. The van der Waals surface area contributed by atoms with Crippen LogP contribution in [-0.2, 0) is 19.1 Å². The monoisotopic (exact) mass is 749 g/mol. The van der Waals surface area contributed by atoms with Gasteiger partial charge in [-0.05, 0) is 32.1 Å². The van der Waals surface area contributed by atoms with Crippen LogP contribution in [0.4, 0.5) is 0 Å². The molecule has 0 heterocycles. The largest absolute Gasteiger partial charge is 0.462 e. The van der Waals surface area contributed by atoms with Crippen LogP contribution in [0.5, 0.6) is 0 Å². The lowest BCUT2D eigenvalue weighted by Crippen LogP contribution is -2.28. The lowest BCUT2D eigenvalue weighted by molar-refractivity contribution is -0.161. The zero-order valence-electron chi connectivity index (χ0n) is 35.8. The summed E-state index contributed by atoms with van der Waals surface area (Å²) in [6.07, 6.45) is 53.2. The summed E-state index contributed by atoms with van der Waals surface area (Å²) in [4.78, 5) is 24.3. The number of aliphatic hydroxyl groups is 1. The lowest BCUT2D eigenvalue weighted by Gasteiger charge is -2.15. The maximum absolute atomic E-state index is 12.1. The number of unbranched alkanes of at least 4 members (excludes halogenated alkanes) is 34. The van der Waals surface area contributed by atoms with Gasteiger partial charge < -0.3 is 14.6 Å². The minimum absolute atomic E-state index is 0.0631. The molecule has 0 aromatic carbocycles. The third-order valence-corrected chi connectivity index (χ3v) is 10.8. The number of hydrogen-bond acceptors (Lipinski definition) is 5. The molecule has 0 fully saturated rings. The Labute approximate surface area is 331 Å². The van der Waals surface area contributed by atoms with E-state index in [-0.39, 0.29) is 25.2 Å². The van der Waals surface area contributed by atoms with Gasteiger partial charge >= 0.3 is 11.9 Å². The lowest BCUT2D eigenvalue weighted by atomic mass is 10.0. The fraction of sp³-hybridized carbons (Fsp3) is 0.917. The molecule has 0 spiro atoms. The molecule has 5 heteroatoms. The predicted molar refractivity (Wildman–Crippen MR) is 228 cm³/mol. The highest BCUT2D eigenvalue weighted by Gasteiger charge is 2.16. The first-order valence-electron chi connectivity index (χ1n) is 23.7. The molecule has 0 aliphatic heterocycles. The highest BCUT2D eigenvalue weighted by Crippen LogP contribution is 2.17. The van der Waals surface area contributed by atoms with Gasteiger partial charge in [-0.1, -0.05) is 231 Å². The highest BCUT2D eigenvalue weighted by molar-refractivity contribution is 5.70. The van der Waals surface area contributed by atoms with Gasteiger partial charge in [0.05, 0.1) is 6.61 Å². The first-order valence-corrected chi connectivity index (χ1v) is 23.7. The van der Waals surface area contributed by atoms with Crippen molar-refractivity contribution in [2.45, 2.75) is 270 Å². The standard InChI is InChI=1S/C48H92O5/c1-3-5-7-9-11-13-15-16-17-18-19-20-21-22-23-24-25-26-27-28-29-30-31-33-34-36-38-40-42-47(50)52-45-46(44-49)53-48(51)43-41-39-37-35-32-14-12-10-8-6-4-2/h10,12,46,49H,3-9,11,13-45H2,1-2H3/b12-10-. The van der Waals surface area contributed by atoms with E-state index in [0.29, 0.717) is 12.8 Å². The molecule has 0 aliphatic rings. The number of rotatable bonds is 44. The molecule has 0 saturated carbocycles. The molecule has 1 unspecified atom stereocenters. The number of esters is 2. The van der Waals surface area contributed by atoms with Gasteiger partial charge in [0.1, 0.15) is 6.61 Å². The van der Waals surface area contributed by atoms with Crippen molar-refractivity contribution >= 4 is 11.9 Å². The van der Waals surface area contributed by atoms with Crippen LogP contribution in [0.25, 0.3) is 0 Å². The Bertz CT molecular complexity index is 765. The number of hydrogen-bond donors (Lipinski definition) is 1. The fourth-order valence-corrected chi connectivity index (χ4v) is 7.19. The van der Waals surface area contributed by atoms with Crippen molar-refractivity contribution in [2.24, 2.45) is 0 Å². The van der Waals surface area contributed by atoms with Crippen LogP contribution in [0.3, 0.4) is 0 Å². The zero-order chi connectivity index (χ0) is 38.6. The minimum Gasteiger partial charge on any atom is -0.462 e. The SMILES string of the molecule is CCCC/C=C\CCCCCCCC(=O)OC(CO)COC(=O)CCCCCCCCCCCCCCCCCCCCCCCCCCCCCC. The van der Waals surface area contributed by atoms with E-state index in [1.54, 1.807) is 0 Å². The number of carbonyl (C=O) groups excluding carboxylic acids is 2. The second kappa shape index (κ2) is 45.0. The highest BCUT2D eigenvalue weighted by atomic mass is 16.6. The molecular formula is C48H92O5. The zero-order valence-corrected chi connectivity index (χ0v) is 35.8. The van der Waals surface area contributed by atoms with Gasteiger partial charge in [0.25, 0.3) is 0 Å². The van der Waals surface area contributed by atoms with Crippen LogP contribution in [-0.4, -0.2) is 36.4 Å². The van der Waals surface area contributed by atoms with E-state index in [4.69, 9.17) is 9.47 Å². The van der Waals surface area contributed by atoms with Crippen molar-refractivity contribution in [3.8, 4) is 0 Å². The molecular weight excluding hydrogens is 657 g/mol. The van der Waals surface area contributed by atoms with E-state index < -0.39 is 6.10 Å². The number of allylic oxidation sites excluding steroid dienone is 2. The molecule has 0 aliphatic carbocycles. The van der Waals surface area contributed by atoms with Crippen molar-refractivity contribution < 1.29 is 24.2 Å². The number of ether oxygens (including phenoxy) is 2. The molecule has 1 N–H and O–H groups in total. The molecule has 0 bridgehead atoms. The third-order valence-electron chi connectivity index (χ3n) is 10.8. The Morgan fingerprint density at radius 1 is 0.415 bits per heavy atom. The maximum atomic E-state index is 12.1. The second-order valence-electron chi connectivity index (χ2n) is 16.2. The molecule has 53 heavy (non-hydrogen) atoms. The van der Waals surface area contributed by atoms with Crippen LogP contribution in [0, 0.1) is 0 Å². The first-order chi connectivity index (χ1) is 26.1. The van der Waals surface area contributed by atoms with E-state index in [9.17, 15) is 14.7 Å². The topological polar surface area (TPSA) is 72.8 Å². The molecule has 1 atom stereocenters. The molecule has 314 valence electrons. The fourth-order valence-electron chi connectivity index (χ4n) is 7.19. The Morgan fingerprint density at radius 3 is 1.08 bits per heavy atom. The van der Waals surface area contributed by atoms with Crippen LogP contribution in [0.1, 0.15) is 264 Å². The van der Waals surface area contributed by atoms with Gasteiger partial charge in [-0.15, -0.1) is 0 Å². The van der Waals surface area contributed by atoms with Crippen molar-refractivity contribution in [2.75, 3.05) is 13.2 Å². The summed E-state index contributed by atoms with van der Waals surface area (Å²) in [5, 5.41) is 9.56. The smallest absolute Gasteiger partial charge is 0.306 e. The maximum Gasteiger partial charge on any atom is 0.306 e. The minimum atomic E-state index is -0.769. The van der Waals surface area contributed by atoms with E-state index in [1.165, 1.54) is 199 Å². The van der Waals surface area contributed by atoms with Gasteiger partial charge in [0.2, 0.25) is 0 Å². The Balaban J connectivity index is 3.38. The average Bonchev–Trinajstić information content (AvgIpc) is 3.16. The average molecular weight is 749 g/mol. The Morgan fingerprint density at radius 2 is 0.717 bits per heavy atom. The molecule has 0 rings (SSSR count). The van der Waals surface area contributed by atoms with E-state index in [2.05, 4.69) is 26.0 Å². The van der Waals surface area contributed by atoms with Crippen molar-refractivity contribution in [3.05, 3.63) is 12.2 Å². The second-order valence-corrected chi connectivity index (χ2v) is 16.2. The molecule has 0 radical (unpaired) electrons. The van der Waals surface area contributed by atoms with Crippen molar-refractivity contribution in [3.63, 3.8) is 0 Å². The summed E-state index contributed by atoms with van der Waals surface area (Å²) in [5.74, 6) is -0.589. The summed E-state index contributed by atoms with van der Waals surface area (Å²) in [6.45, 7) is 4.12. The van der Waals surface area contributed by atoms with Crippen molar-refractivity contribution in [1.82, 2.24) is 0 Å². The quantitative estimate of drug-likeness (QED) is 0.0381. The van der Waals surface area contributed by atoms with Crippen LogP contribution in [0.2, 0.25) is 0 Å². The van der Waals surface area contributed by atoms with E-state index >= 15 is 0 Å². The predicted octanol–water partition coefficient (Wildman–Crippen LogP) is 15.2. The summed E-state index contributed by atoms with van der Waals surface area (Å²) in [7, 11) is 0. The van der Waals surface area contributed by atoms with Crippen molar-refractivity contribution in [1.29, 1.82) is 0 Å². The van der Waals surface area contributed by atoms with E-state index in [0.717, 1.165) is 38.5 Å². The summed E-state index contributed by atoms with van der Waals surface area (Å²) >= 11 is 0. The van der Waals surface area contributed by atoms with Gasteiger partial charge in [0.15, 0.2) is 6.10 Å². The van der Waals surface area contributed by atoms with Gasteiger partial charge in [0, 0.05) is 12.8 Å². The summed E-state index contributed by atoms with van der Waals surface area (Å²) in [6, 6.07) is 0. The molecule has 0 saturated heterocycles. The number of aliphatic hydroxyl groups excluding tert-OH is 1. The molecule has 0 aromatic heterocycles. The van der Waals surface area contributed by atoms with Gasteiger partial charge in [-0.2, -0.15) is 0 Å². The van der Waals surface area contributed by atoms with Crippen LogP contribution < -0.4 is 0 Å². The van der Waals surface area contributed by atoms with Gasteiger partial charge in [-0.3, -0.25) is 9.59 Å². The Kier molecular flexibility index (Phi) is 43.9. The normalized spacial score (nSPS) is 12.1. The Hall–Kier alpha value is -1.36. The third kappa shape index (κ3) is 43.2. The molecule has 0 amide bonds. The van der Waals surface area contributed by atoms with Gasteiger partial charge in [-0.25, -0.2) is 0 Å². The molecule has 5 nitrogen and oxygen atoms in total. The van der Waals surface area contributed by atoms with Crippen LogP contribution >= 0.6 is 0 Å². The van der Waals surface area contributed by atoms with Crippen LogP contribution in [0.15, 0.2) is 12.2 Å². The summed E-state index contributed by atoms with van der Waals surface area (Å²) in [5.41, 5.74) is 0. The van der Waals surface area contributed by atoms with E-state index in [1.807, 2.05) is 0 Å². The first kappa shape index (κ1) is 51.6. The number of carbonyl (C=O) groups is 2. The summed E-state index contributed by atoms with van der Waals surface area (Å²) < 4.78 is 10.6.